The first-order valence-corrected chi connectivity index (χ1v) is 11.6. The summed E-state index contributed by atoms with van der Waals surface area (Å²) in [5.74, 6) is -0.475. The van der Waals surface area contributed by atoms with Gasteiger partial charge in [0.25, 0.3) is 15.9 Å². The number of nitrogens with zero attached hydrogens (tertiary/aromatic N) is 1. The zero-order valence-electron chi connectivity index (χ0n) is 18.2. The minimum atomic E-state index is -3.91. The number of carbonyl (C=O) groups excluding carboxylic acids is 1. The molecule has 1 heterocycles. The Morgan fingerprint density at radius 3 is 2.58 bits per heavy atom. The van der Waals surface area contributed by atoms with Gasteiger partial charge in [0, 0.05) is 30.7 Å². The number of anilines is 1. The van der Waals surface area contributed by atoms with E-state index < -0.39 is 21.4 Å². The Hall–Kier alpha value is -3.13. The van der Waals surface area contributed by atoms with E-state index in [0.717, 1.165) is 24.0 Å². The molecule has 0 unspecified atom stereocenters. The van der Waals surface area contributed by atoms with Crippen LogP contribution in [0.25, 0.3) is 10.9 Å². The van der Waals surface area contributed by atoms with E-state index in [4.69, 9.17) is 0 Å². The van der Waals surface area contributed by atoms with Crippen molar-refractivity contribution in [3.63, 3.8) is 0 Å². The molecule has 0 aliphatic heterocycles. The molecule has 2 N–H and O–H groups in total. The van der Waals surface area contributed by atoms with Crippen LogP contribution in [0.4, 0.5) is 5.69 Å². The molecule has 3 rings (SSSR count). The van der Waals surface area contributed by atoms with Gasteiger partial charge in [-0.15, -0.1) is 0 Å². The zero-order chi connectivity index (χ0) is 22.8. The lowest BCUT2D eigenvalue weighted by atomic mass is 10.1. The number of sulfonamides is 1. The monoisotopic (exact) mass is 441 g/mol. The zero-order valence-corrected chi connectivity index (χ0v) is 19.0. The van der Waals surface area contributed by atoms with Gasteiger partial charge in [0.2, 0.25) is 5.43 Å². The Kier molecular flexibility index (Phi) is 6.50. The van der Waals surface area contributed by atoms with Crippen LogP contribution in [-0.2, 0) is 10.0 Å². The first-order valence-electron chi connectivity index (χ1n) is 10.2. The van der Waals surface area contributed by atoms with E-state index in [1.54, 1.807) is 12.1 Å². The third-order valence-electron chi connectivity index (χ3n) is 5.28. The fourth-order valence-corrected chi connectivity index (χ4v) is 4.63. The molecule has 0 aliphatic carbocycles. The lowest BCUT2D eigenvalue weighted by Crippen LogP contribution is -2.30. The van der Waals surface area contributed by atoms with E-state index in [0.29, 0.717) is 17.7 Å². The molecule has 0 radical (unpaired) electrons. The molecule has 1 aromatic heterocycles. The molecule has 164 valence electrons. The predicted octanol–water partition coefficient (Wildman–Crippen LogP) is 3.50. The number of H-pyrrole nitrogens is 1. The standard InChI is InChI=1S/C23H27N3O4S/c1-5-6-11-24-23(28)19-14-25-20-10-9-17(13-18(20)22(19)27)31(29,30)26(4)21-12-15(2)7-8-16(21)3/h7-10,12-14H,5-6,11H2,1-4H3,(H,24,28)(H,25,27). The summed E-state index contributed by atoms with van der Waals surface area (Å²) in [6, 6.07) is 9.91. The van der Waals surface area contributed by atoms with Crippen LogP contribution in [-0.4, -0.2) is 32.9 Å². The average molecular weight is 442 g/mol. The van der Waals surface area contributed by atoms with Crippen molar-refractivity contribution < 1.29 is 13.2 Å². The van der Waals surface area contributed by atoms with Gasteiger partial charge in [0.1, 0.15) is 5.56 Å². The van der Waals surface area contributed by atoms with Gasteiger partial charge >= 0.3 is 0 Å². The van der Waals surface area contributed by atoms with Crippen LogP contribution in [0.3, 0.4) is 0 Å². The lowest BCUT2D eigenvalue weighted by molar-refractivity contribution is 0.0952. The molecule has 0 atom stereocenters. The van der Waals surface area contributed by atoms with Gasteiger partial charge < -0.3 is 10.3 Å². The summed E-state index contributed by atoms with van der Waals surface area (Å²) >= 11 is 0. The normalized spacial score (nSPS) is 11.5. The summed E-state index contributed by atoms with van der Waals surface area (Å²) in [4.78, 5) is 28.2. The highest BCUT2D eigenvalue weighted by atomic mass is 32.2. The van der Waals surface area contributed by atoms with E-state index >= 15 is 0 Å². The largest absolute Gasteiger partial charge is 0.360 e. The Labute approximate surface area is 182 Å². The van der Waals surface area contributed by atoms with Crippen molar-refractivity contribution in [3.05, 3.63) is 69.5 Å². The first-order chi connectivity index (χ1) is 14.7. The van der Waals surface area contributed by atoms with Gasteiger partial charge in [0.15, 0.2) is 0 Å². The van der Waals surface area contributed by atoms with E-state index in [9.17, 15) is 18.0 Å². The maximum Gasteiger partial charge on any atom is 0.264 e. The second kappa shape index (κ2) is 8.93. The summed E-state index contributed by atoms with van der Waals surface area (Å²) in [7, 11) is -2.42. The fourth-order valence-electron chi connectivity index (χ4n) is 3.35. The number of hydrogen-bond donors (Lipinski definition) is 2. The molecule has 3 aromatic rings. The van der Waals surface area contributed by atoms with Gasteiger partial charge in [-0.1, -0.05) is 25.5 Å². The van der Waals surface area contributed by atoms with Crippen molar-refractivity contribution >= 4 is 32.5 Å². The topological polar surface area (TPSA) is 99.3 Å². The third kappa shape index (κ3) is 4.49. The summed E-state index contributed by atoms with van der Waals surface area (Å²) in [5, 5.41) is 2.87. The number of amides is 1. The molecule has 0 aliphatic rings. The quantitative estimate of drug-likeness (QED) is 0.548. The molecular weight excluding hydrogens is 414 g/mol. The summed E-state index contributed by atoms with van der Waals surface area (Å²) < 4.78 is 27.8. The highest BCUT2D eigenvalue weighted by molar-refractivity contribution is 7.92. The number of hydrogen-bond acceptors (Lipinski definition) is 4. The number of rotatable bonds is 7. The van der Waals surface area contributed by atoms with E-state index in [2.05, 4.69) is 10.3 Å². The number of fused-ring (bicyclic) bond motifs is 1. The summed E-state index contributed by atoms with van der Waals surface area (Å²) in [6.07, 6.45) is 3.09. The lowest BCUT2D eigenvalue weighted by Gasteiger charge is -2.22. The molecular formula is C23H27N3O4S. The van der Waals surface area contributed by atoms with Crippen LogP contribution in [0.5, 0.6) is 0 Å². The number of unbranched alkanes of at least 4 members (excludes halogenated alkanes) is 1. The van der Waals surface area contributed by atoms with Gasteiger partial charge in [-0.2, -0.15) is 0 Å². The Morgan fingerprint density at radius 1 is 1.13 bits per heavy atom. The molecule has 0 saturated heterocycles. The number of aromatic nitrogens is 1. The van der Waals surface area contributed by atoms with E-state index in [-0.39, 0.29) is 15.8 Å². The number of aromatic amines is 1. The maximum atomic E-state index is 13.3. The van der Waals surface area contributed by atoms with Gasteiger partial charge in [-0.25, -0.2) is 8.42 Å². The molecule has 0 fully saturated rings. The SMILES string of the molecule is CCCCNC(=O)c1c[nH]c2ccc(S(=O)(=O)N(C)c3cc(C)ccc3C)cc2c1=O. The minimum absolute atomic E-state index is 0.0163. The van der Waals surface area contributed by atoms with E-state index in [1.807, 2.05) is 32.9 Å². The van der Waals surface area contributed by atoms with Crippen LogP contribution in [0.15, 0.2) is 52.3 Å². The van der Waals surface area contributed by atoms with Crippen molar-refractivity contribution in [2.24, 2.45) is 0 Å². The van der Waals surface area contributed by atoms with Gasteiger partial charge in [-0.3, -0.25) is 13.9 Å². The average Bonchev–Trinajstić information content (AvgIpc) is 2.75. The first kappa shape index (κ1) is 22.6. The number of nitrogens with one attached hydrogen (secondary N) is 2. The van der Waals surface area contributed by atoms with Gasteiger partial charge in [-0.05, 0) is 55.7 Å². The van der Waals surface area contributed by atoms with E-state index in [1.165, 1.54) is 29.7 Å². The predicted molar refractivity (Wildman–Crippen MR) is 123 cm³/mol. The van der Waals surface area contributed by atoms with Crippen molar-refractivity contribution in [2.75, 3.05) is 17.9 Å². The molecule has 2 aromatic carbocycles. The fraction of sp³-hybridized carbons (Fsp3) is 0.304. The number of benzene rings is 2. The molecule has 0 bridgehead atoms. The van der Waals surface area contributed by atoms with Crippen LogP contribution in [0.1, 0.15) is 41.3 Å². The van der Waals surface area contributed by atoms with Crippen molar-refractivity contribution in [1.29, 1.82) is 0 Å². The van der Waals surface area contributed by atoms with Crippen LogP contribution in [0.2, 0.25) is 0 Å². The number of carbonyl (C=O) groups is 1. The van der Waals surface area contributed by atoms with Crippen molar-refractivity contribution in [3.8, 4) is 0 Å². The number of aryl methyl sites for hydroxylation is 2. The van der Waals surface area contributed by atoms with Gasteiger partial charge in [0.05, 0.1) is 10.6 Å². The van der Waals surface area contributed by atoms with Crippen LogP contribution in [0, 0.1) is 13.8 Å². The maximum absolute atomic E-state index is 13.3. The second-order valence-electron chi connectivity index (χ2n) is 7.61. The minimum Gasteiger partial charge on any atom is -0.360 e. The molecule has 31 heavy (non-hydrogen) atoms. The molecule has 1 amide bonds. The third-order valence-corrected chi connectivity index (χ3v) is 7.04. The number of pyridine rings is 1. The Morgan fingerprint density at radius 2 is 1.87 bits per heavy atom. The Bertz CT molecular complexity index is 1300. The molecule has 8 heteroatoms. The summed E-state index contributed by atoms with van der Waals surface area (Å²) in [5.41, 5.74) is 2.24. The molecule has 7 nitrogen and oxygen atoms in total. The smallest absolute Gasteiger partial charge is 0.264 e. The Balaban J connectivity index is 2.04. The summed E-state index contributed by atoms with van der Waals surface area (Å²) in [6.45, 7) is 6.22. The van der Waals surface area contributed by atoms with Crippen molar-refractivity contribution in [1.82, 2.24) is 10.3 Å². The van der Waals surface area contributed by atoms with Crippen molar-refractivity contribution in [2.45, 2.75) is 38.5 Å². The highest BCUT2D eigenvalue weighted by Crippen LogP contribution is 2.27. The van der Waals surface area contributed by atoms with Crippen LogP contribution >= 0.6 is 0 Å². The highest BCUT2D eigenvalue weighted by Gasteiger charge is 2.24. The van der Waals surface area contributed by atoms with Crippen LogP contribution < -0.4 is 15.1 Å². The second-order valence-corrected chi connectivity index (χ2v) is 9.58. The molecule has 0 saturated carbocycles. The molecule has 0 spiro atoms.